The third-order valence-corrected chi connectivity index (χ3v) is 1.14. The number of alkyl halides is 3. The van der Waals surface area contributed by atoms with E-state index in [-0.39, 0.29) is 6.61 Å². The number of ether oxygens (including phenoxy) is 1. The number of carbonyl (C=O) groups is 1. The minimum Gasteiger partial charge on any atom is -0.447 e. The van der Waals surface area contributed by atoms with Gasteiger partial charge in [-0.05, 0) is 0 Å². The second-order valence-electron chi connectivity index (χ2n) is 2.30. The van der Waals surface area contributed by atoms with E-state index in [0.717, 1.165) is 0 Å². The molecule has 0 saturated carbocycles. The zero-order valence-corrected chi connectivity index (χ0v) is 7.04. The van der Waals surface area contributed by atoms with Crippen LogP contribution < -0.4 is 5.32 Å². The Labute approximate surface area is 77.5 Å². The van der Waals surface area contributed by atoms with E-state index in [1.54, 1.807) is 5.32 Å². The summed E-state index contributed by atoms with van der Waals surface area (Å²) in [5.74, 6) is 0. The van der Waals surface area contributed by atoms with Crippen LogP contribution in [0.25, 0.3) is 0 Å². The Morgan fingerprint density at radius 3 is 2.50 bits per heavy atom. The van der Waals surface area contributed by atoms with Crippen LogP contribution in [0, 0.1) is 0 Å². The highest BCUT2D eigenvalue weighted by Crippen LogP contribution is 2.19. The summed E-state index contributed by atoms with van der Waals surface area (Å²) in [4.78, 5) is 10.5. The first-order valence-electron chi connectivity index (χ1n) is 3.64. The van der Waals surface area contributed by atoms with Crippen molar-refractivity contribution in [1.29, 1.82) is 0 Å². The molecule has 1 amide bonds. The van der Waals surface area contributed by atoms with Crippen molar-refractivity contribution in [3.63, 3.8) is 0 Å². The molecule has 0 saturated heterocycles. The van der Waals surface area contributed by atoms with Gasteiger partial charge in [-0.1, -0.05) is 0 Å². The molecule has 8 heteroatoms. The first kappa shape index (κ1) is 13.0. The predicted octanol–water partition coefficient (Wildman–Crippen LogP) is -0.372. The van der Waals surface area contributed by atoms with Crippen molar-refractivity contribution in [3.05, 3.63) is 0 Å². The number of halogens is 3. The average Bonchev–Trinajstić information content (AvgIpc) is 2.09. The molecule has 0 radical (unpaired) electrons. The lowest BCUT2D eigenvalue weighted by atomic mass is 10.3. The van der Waals surface area contributed by atoms with Crippen molar-refractivity contribution in [2.75, 3.05) is 19.8 Å². The highest BCUT2D eigenvalue weighted by atomic mass is 19.4. The molecular weight excluding hydrogens is 207 g/mol. The molecule has 0 aromatic heterocycles. The van der Waals surface area contributed by atoms with Crippen LogP contribution in [0.2, 0.25) is 0 Å². The summed E-state index contributed by atoms with van der Waals surface area (Å²) in [6.45, 7) is -1.71. The fraction of sp³-hybridized carbons (Fsp3) is 0.833. The largest absolute Gasteiger partial charge is 0.447 e. The first-order valence-corrected chi connectivity index (χ1v) is 3.64. The number of hydrogen-bond acceptors (Lipinski definition) is 4. The number of carbonyl (C=O) groups excluding carboxylic acids is 1. The lowest BCUT2D eigenvalue weighted by molar-refractivity contribution is -0.201. The van der Waals surface area contributed by atoms with Crippen LogP contribution in [0.1, 0.15) is 0 Å². The number of rotatable bonds is 4. The summed E-state index contributed by atoms with van der Waals surface area (Å²) in [5, 5.41) is 18.3. The molecule has 0 aliphatic heterocycles. The average molecular weight is 217 g/mol. The number of aliphatic hydroxyl groups is 2. The molecule has 1 unspecified atom stereocenters. The van der Waals surface area contributed by atoms with Crippen molar-refractivity contribution in [1.82, 2.24) is 5.32 Å². The lowest BCUT2D eigenvalue weighted by Gasteiger charge is -2.14. The van der Waals surface area contributed by atoms with Crippen molar-refractivity contribution in [3.8, 4) is 0 Å². The standard InChI is InChI=1S/C6H10F3NO4/c7-6(8,9)4(12)3-10-5(13)14-2-1-11/h4,11-12H,1-3H2,(H,10,13). The molecule has 0 bridgehead atoms. The molecule has 3 N–H and O–H groups in total. The van der Waals surface area contributed by atoms with Crippen LogP contribution in [0.5, 0.6) is 0 Å². The molecule has 0 spiro atoms. The van der Waals surface area contributed by atoms with Gasteiger partial charge < -0.3 is 20.3 Å². The maximum absolute atomic E-state index is 11.7. The summed E-state index contributed by atoms with van der Waals surface area (Å²) in [6.07, 6.45) is -8.52. The van der Waals surface area contributed by atoms with Gasteiger partial charge in [-0.3, -0.25) is 0 Å². The Morgan fingerprint density at radius 1 is 1.50 bits per heavy atom. The highest BCUT2D eigenvalue weighted by molar-refractivity contribution is 5.67. The quantitative estimate of drug-likeness (QED) is 0.600. The van der Waals surface area contributed by atoms with E-state index in [1.807, 2.05) is 0 Å². The number of hydrogen-bond donors (Lipinski definition) is 3. The van der Waals surface area contributed by atoms with Gasteiger partial charge in [-0.25, -0.2) is 4.79 Å². The molecule has 14 heavy (non-hydrogen) atoms. The SMILES string of the molecule is O=C(NCC(O)C(F)(F)F)OCCO. The van der Waals surface area contributed by atoms with Crippen molar-refractivity contribution >= 4 is 6.09 Å². The van der Waals surface area contributed by atoms with Gasteiger partial charge in [0.2, 0.25) is 0 Å². The minimum atomic E-state index is -4.77. The fourth-order valence-electron chi connectivity index (χ4n) is 0.485. The summed E-state index contributed by atoms with van der Waals surface area (Å²) < 4.78 is 39.2. The molecule has 0 aliphatic carbocycles. The predicted molar refractivity (Wildman–Crippen MR) is 38.5 cm³/mol. The third-order valence-electron chi connectivity index (χ3n) is 1.14. The molecule has 0 aliphatic rings. The van der Waals surface area contributed by atoms with E-state index in [2.05, 4.69) is 4.74 Å². The van der Waals surface area contributed by atoms with Gasteiger partial charge in [-0.15, -0.1) is 0 Å². The van der Waals surface area contributed by atoms with Crippen LogP contribution in [-0.4, -0.2) is 48.3 Å². The van der Waals surface area contributed by atoms with Crippen molar-refractivity contribution in [2.45, 2.75) is 12.3 Å². The van der Waals surface area contributed by atoms with Gasteiger partial charge in [-0.2, -0.15) is 13.2 Å². The van der Waals surface area contributed by atoms with Crippen LogP contribution in [-0.2, 0) is 4.74 Å². The van der Waals surface area contributed by atoms with E-state index in [0.29, 0.717) is 0 Å². The van der Waals surface area contributed by atoms with Gasteiger partial charge in [0.05, 0.1) is 13.2 Å². The Morgan fingerprint density at radius 2 is 2.07 bits per heavy atom. The zero-order chi connectivity index (χ0) is 11.2. The molecule has 0 aromatic rings. The smallest absolute Gasteiger partial charge is 0.416 e. The Bertz CT molecular complexity index is 184. The summed E-state index contributed by atoms with van der Waals surface area (Å²) in [7, 11) is 0. The number of alkyl carbamates (subject to hydrolysis) is 1. The number of amides is 1. The Balaban J connectivity index is 3.67. The van der Waals surface area contributed by atoms with E-state index in [9.17, 15) is 18.0 Å². The second kappa shape index (κ2) is 5.66. The molecule has 0 heterocycles. The van der Waals surface area contributed by atoms with Crippen LogP contribution in [0.15, 0.2) is 0 Å². The Kier molecular flexibility index (Phi) is 5.24. The van der Waals surface area contributed by atoms with Gasteiger partial charge >= 0.3 is 12.3 Å². The first-order chi connectivity index (χ1) is 6.38. The monoisotopic (exact) mass is 217 g/mol. The molecule has 0 fully saturated rings. The second-order valence-corrected chi connectivity index (χ2v) is 2.30. The maximum Gasteiger partial charge on any atom is 0.416 e. The summed E-state index contributed by atoms with van der Waals surface area (Å²) >= 11 is 0. The summed E-state index contributed by atoms with van der Waals surface area (Å²) in [5.41, 5.74) is 0. The number of nitrogens with one attached hydrogen (secondary N) is 1. The van der Waals surface area contributed by atoms with Gasteiger partial charge in [0.25, 0.3) is 0 Å². The molecule has 0 rings (SSSR count). The van der Waals surface area contributed by atoms with E-state index < -0.39 is 31.5 Å². The maximum atomic E-state index is 11.7. The van der Waals surface area contributed by atoms with Crippen molar-refractivity contribution in [2.24, 2.45) is 0 Å². The molecule has 1 atom stereocenters. The highest BCUT2D eigenvalue weighted by Gasteiger charge is 2.38. The lowest BCUT2D eigenvalue weighted by Crippen LogP contribution is -2.41. The minimum absolute atomic E-state index is 0.312. The van der Waals surface area contributed by atoms with Gasteiger partial charge in [0, 0.05) is 0 Å². The van der Waals surface area contributed by atoms with Crippen LogP contribution in [0.3, 0.4) is 0 Å². The number of aliphatic hydroxyl groups excluding tert-OH is 2. The van der Waals surface area contributed by atoms with Gasteiger partial charge in [0.15, 0.2) is 6.10 Å². The normalized spacial score (nSPS) is 13.5. The third kappa shape index (κ3) is 5.60. The van der Waals surface area contributed by atoms with E-state index in [1.165, 1.54) is 0 Å². The van der Waals surface area contributed by atoms with Gasteiger partial charge in [0.1, 0.15) is 6.61 Å². The van der Waals surface area contributed by atoms with Crippen molar-refractivity contribution < 1.29 is 32.9 Å². The topological polar surface area (TPSA) is 78.8 Å². The molecule has 0 aromatic carbocycles. The van der Waals surface area contributed by atoms with E-state index >= 15 is 0 Å². The molecule has 5 nitrogen and oxygen atoms in total. The molecule has 84 valence electrons. The molecular formula is C6H10F3NO4. The zero-order valence-electron chi connectivity index (χ0n) is 7.04. The summed E-state index contributed by atoms with van der Waals surface area (Å²) in [6, 6.07) is 0. The van der Waals surface area contributed by atoms with Crippen LogP contribution >= 0.6 is 0 Å². The Hall–Kier alpha value is -1.02. The van der Waals surface area contributed by atoms with Crippen LogP contribution in [0.4, 0.5) is 18.0 Å². The van der Waals surface area contributed by atoms with E-state index in [4.69, 9.17) is 10.2 Å². The fourth-order valence-corrected chi connectivity index (χ4v) is 0.485.